The monoisotopic (exact) mass is 222 g/mol. The van der Waals surface area contributed by atoms with Crippen LogP contribution in [0.1, 0.15) is 40.0 Å². The van der Waals surface area contributed by atoms with Gasteiger partial charge < -0.3 is 9.90 Å². The Bertz CT molecular complexity index is 294. The van der Waals surface area contributed by atoms with Crippen molar-refractivity contribution in [1.29, 1.82) is 0 Å². The zero-order valence-electron chi connectivity index (χ0n) is 10.4. The number of aliphatic hydroxyl groups is 1. The first-order valence-corrected chi connectivity index (χ1v) is 5.95. The molecule has 0 amide bonds. The normalized spacial score (nSPS) is 26.9. The highest BCUT2D eigenvalue weighted by atomic mass is 16.3. The molecule has 2 unspecified atom stereocenters. The predicted octanol–water partition coefficient (Wildman–Crippen LogP) is 2.88. The number of hydrogen-bond acceptors (Lipinski definition) is 2. The highest BCUT2D eigenvalue weighted by Crippen LogP contribution is 2.29. The van der Waals surface area contributed by atoms with E-state index in [0.717, 1.165) is 25.5 Å². The van der Waals surface area contributed by atoms with Crippen molar-refractivity contribution in [1.82, 2.24) is 0 Å². The number of carbonyl (C=O) groups is 1. The molecule has 1 N–H and O–H groups in total. The van der Waals surface area contributed by atoms with Gasteiger partial charge in [-0.2, -0.15) is 0 Å². The zero-order chi connectivity index (χ0) is 12.2. The average Bonchev–Trinajstić information content (AvgIpc) is 2.16. The Balaban J connectivity index is 2.49. The Hall–Kier alpha value is -0.890. The van der Waals surface area contributed by atoms with E-state index in [9.17, 15) is 9.90 Å². The fraction of sp³-hybridized carbons (Fsp3) is 0.643. The molecule has 1 aliphatic carbocycles. The Labute approximate surface area is 98.1 Å². The van der Waals surface area contributed by atoms with Crippen molar-refractivity contribution in [3.8, 4) is 0 Å². The molecule has 1 aliphatic rings. The van der Waals surface area contributed by atoms with E-state index < -0.39 is 5.60 Å². The first kappa shape index (κ1) is 13.2. The maximum Gasteiger partial charge on any atom is 0.123 e. The van der Waals surface area contributed by atoms with E-state index in [1.165, 1.54) is 5.57 Å². The van der Waals surface area contributed by atoms with Crippen molar-refractivity contribution in [3.63, 3.8) is 0 Å². The summed E-state index contributed by atoms with van der Waals surface area (Å²) in [5.74, 6) is 0.648. The van der Waals surface area contributed by atoms with Crippen LogP contribution >= 0.6 is 0 Å². The molecule has 2 heteroatoms. The van der Waals surface area contributed by atoms with E-state index in [4.69, 9.17) is 0 Å². The van der Waals surface area contributed by atoms with E-state index in [2.05, 4.69) is 13.0 Å². The molecule has 1 rings (SSSR count). The fourth-order valence-corrected chi connectivity index (χ4v) is 2.04. The van der Waals surface area contributed by atoms with Crippen LogP contribution in [0.3, 0.4) is 0 Å². The highest BCUT2D eigenvalue weighted by molar-refractivity contribution is 5.55. The molecule has 0 bridgehead atoms. The van der Waals surface area contributed by atoms with Gasteiger partial charge in [-0.15, -0.1) is 0 Å². The van der Waals surface area contributed by atoms with Crippen LogP contribution < -0.4 is 0 Å². The number of aldehydes is 1. The van der Waals surface area contributed by atoms with Crippen LogP contribution in [0.15, 0.2) is 23.8 Å². The summed E-state index contributed by atoms with van der Waals surface area (Å²) in [5.41, 5.74) is 0.651. The van der Waals surface area contributed by atoms with Gasteiger partial charge in [0, 0.05) is 5.92 Å². The summed E-state index contributed by atoms with van der Waals surface area (Å²) in [5, 5.41) is 9.53. The van der Waals surface area contributed by atoms with Crippen LogP contribution in [-0.4, -0.2) is 17.0 Å². The quantitative estimate of drug-likeness (QED) is 0.586. The van der Waals surface area contributed by atoms with Crippen LogP contribution in [0, 0.1) is 11.8 Å². The van der Waals surface area contributed by atoms with Crippen LogP contribution in [0.4, 0.5) is 0 Å². The van der Waals surface area contributed by atoms with Crippen molar-refractivity contribution in [3.05, 3.63) is 23.8 Å². The molecular weight excluding hydrogens is 200 g/mol. The third-order valence-corrected chi connectivity index (χ3v) is 3.07. The lowest BCUT2D eigenvalue weighted by atomic mass is 9.81. The van der Waals surface area contributed by atoms with Crippen molar-refractivity contribution in [2.75, 3.05) is 0 Å². The van der Waals surface area contributed by atoms with Crippen molar-refractivity contribution >= 4 is 6.29 Å². The standard InChI is InChI=1S/C14H22O2/c1-11-9-12(6-7-13(11)10-15)5-4-8-14(2,3)16/h4,6,8,10-11,13,16H,5,7,9H2,1-3H3. The number of rotatable bonds is 4. The molecule has 90 valence electrons. The molecule has 0 saturated carbocycles. The molecule has 0 aromatic carbocycles. The van der Waals surface area contributed by atoms with Gasteiger partial charge in [-0.25, -0.2) is 0 Å². The third kappa shape index (κ3) is 4.31. The minimum Gasteiger partial charge on any atom is -0.386 e. The fourth-order valence-electron chi connectivity index (χ4n) is 2.04. The molecule has 0 heterocycles. The number of carbonyl (C=O) groups excluding carboxylic acids is 1. The van der Waals surface area contributed by atoms with E-state index in [-0.39, 0.29) is 5.92 Å². The SMILES string of the molecule is CC1CC(CC=CC(C)(C)O)=CCC1C=O. The van der Waals surface area contributed by atoms with Gasteiger partial charge >= 0.3 is 0 Å². The van der Waals surface area contributed by atoms with Gasteiger partial charge in [-0.05, 0) is 39.0 Å². The molecular formula is C14H22O2. The highest BCUT2D eigenvalue weighted by Gasteiger charge is 2.20. The molecule has 0 aromatic rings. The topological polar surface area (TPSA) is 37.3 Å². The van der Waals surface area contributed by atoms with Crippen LogP contribution in [0.5, 0.6) is 0 Å². The van der Waals surface area contributed by atoms with Crippen LogP contribution in [0.2, 0.25) is 0 Å². The first-order valence-electron chi connectivity index (χ1n) is 5.95. The molecule has 0 fully saturated rings. The van der Waals surface area contributed by atoms with Crippen LogP contribution in [0.25, 0.3) is 0 Å². The molecule has 16 heavy (non-hydrogen) atoms. The van der Waals surface area contributed by atoms with E-state index >= 15 is 0 Å². The summed E-state index contributed by atoms with van der Waals surface area (Å²) >= 11 is 0. The second-order valence-corrected chi connectivity index (χ2v) is 5.34. The van der Waals surface area contributed by atoms with Crippen molar-refractivity contribution in [2.24, 2.45) is 11.8 Å². The minimum absolute atomic E-state index is 0.196. The van der Waals surface area contributed by atoms with E-state index in [1.54, 1.807) is 13.8 Å². The van der Waals surface area contributed by atoms with Gasteiger partial charge in [0.2, 0.25) is 0 Å². The van der Waals surface area contributed by atoms with Gasteiger partial charge in [0.05, 0.1) is 5.60 Å². The second-order valence-electron chi connectivity index (χ2n) is 5.34. The molecule has 0 aromatic heterocycles. The lowest BCUT2D eigenvalue weighted by Crippen LogP contribution is -2.17. The third-order valence-electron chi connectivity index (χ3n) is 3.07. The van der Waals surface area contributed by atoms with Gasteiger partial charge in [0.25, 0.3) is 0 Å². The molecule has 2 nitrogen and oxygen atoms in total. The second kappa shape index (κ2) is 5.44. The maximum atomic E-state index is 10.7. The lowest BCUT2D eigenvalue weighted by Gasteiger charge is -2.24. The van der Waals surface area contributed by atoms with Gasteiger partial charge in [-0.3, -0.25) is 0 Å². The maximum absolute atomic E-state index is 10.7. The zero-order valence-corrected chi connectivity index (χ0v) is 10.4. The molecule has 0 radical (unpaired) electrons. The summed E-state index contributed by atoms with van der Waals surface area (Å²) in [4.78, 5) is 10.7. The summed E-state index contributed by atoms with van der Waals surface area (Å²) in [6.07, 6.45) is 9.85. The first-order chi connectivity index (χ1) is 7.42. The molecule has 2 atom stereocenters. The summed E-state index contributed by atoms with van der Waals surface area (Å²) < 4.78 is 0. The lowest BCUT2D eigenvalue weighted by molar-refractivity contribution is -0.112. The summed E-state index contributed by atoms with van der Waals surface area (Å²) in [6, 6.07) is 0. The molecule has 0 spiro atoms. The molecule has 0 saturated heterocycles. The largest absolute Gasteiger partial charge is 0.386 e. The van der Waals surface area contributed by atoms with Crippen molar-refractivity contribution in [2.45, 2.75) is 45.6 Å². The Morgan fingerprint density at radius 2 is 2.25 bits per heavy atom. The smallest absolute Gasteiger partial charge is 0.123 e. The number of hydrogen-bond donors (Lipinski definition) is 1. The van der Waals surface area contributed by atoms with E-state index in [1.807, 2.05) is 12.2 Å². The number of allylic oxidation sites excluding steroid dienone is 3. The Morgan fingerprint density at radius 1 is 1.56 bits per heavy atom. The summed E-state index contributed by atoms with van der Waals surface area (Å²) in [6.45, 7) is 5.67. The Kier molecular flexibility index (Phi) is 4.48. The average molecular weight is 222 g/mol. The predicted molar refractivity (Wildman–Crippen MR) is 66.1 cm³/mol. The molecule has 0 aliphatic heterocycles. The van der Waals surface area contributed by atoms with E-state index in [0.29, 0.717) is 5.92 Å². The minimum atomic E-state index is -0.730. The summed E-state index contributed by atoms with van der Waals surface area (Å²) in [7, 11) is 0. The van der Waals surface area contributed by atoms with Crippen LogP contribution in [-0.2, 0) is 4.79 Å². The van der Waals surface area contributed by atoms with Crippen molar-refractivity contribution < 1.29 is 9.90 Å². The Morgan fingerprint density at radius 3 is 2.75 bits per heavy atom. The van der Waals surface area contributed by atoms with Gasteiger partial charge in [0.1, 0.15) is 6.29 Å². The van der Waals surface area contributed by atoms with Gasteiger partial charge in [0.15, 0.2) is 0 Å². The van der Waals surface area contributed by atoms with Gasteiger partial charge in [-0.1, -0.05) is 30.7 Å².